The van der Waals surface area contributed by atoms with Crippen LogP contribution in [-0.2, 0) is 14.8 Å². The monoisotopic (exact) mass is 559 g/mol. The molecule has 2 aromatic carbocycles. The molecule has 4 atom stereocenters. The van der Waals surface area contributed by atoms with E-state index in [1.165, 1.54) is 0 Å². The van der Waals surface area contributed by atoms with Gasteiger partial charge < -0.3 is 16.1 Å². The number of carbonyl (C=O) groups is 2. The Bertz CT molecular complexity index is 1350. The maximum Gasteiger partial charge on any atom is 0.255 e. The van der Waals surface area contributed by atoms with Gasteiger partial charge in [0.2, 0.25) is 15.9 Å². The van der Waals surface area contributed by atoms with Crippen molar-refractivity contribution in [1.82, 2.24) is 14.9 Å². The number of hydrogen-bond donors (Lipinski definition) is 4. The second kappa shape index (κ2) is 11.6. The summed E-state index contributed by atoms with van der Waals surface area (Å²) in [5, 5.41) is 9.87. The van der Waals surface area contributed by atoms with Gasteiger partial charge in [0.1, 0.15) is 0 Å². The lowest BCUT2D eigenvalue weighted by molar-refractivity contribution is -0.124. The van der Waals surface area contributed by atoms with Gasteiger partial charge in [-0.15, -0.1) is 5.11 Å². The molecule has 13 heteroatoms. The predicted molar refractivity (Wildman–Crippen MR) is 143 cm³/mol. The lowest BCUT2D eigenvalue weighted by Crippen LogP contribution is -2.59. The number of sulfonamides is 1. The first-order valence-corrected chi connectivity index (χ1v) is 14.5. The van der Waals surface area contributed by atoms with Crippen LogP contribution in [0.3, 0.4) is 0 Å². The van der Waals surface area contributed by atoms with Gasteiger partial charge in [0.25, 0.3) is 5.91 Å². The van der Waals surface area contributed by atoms with Crippen LogP contribution < -0.4 is 15.9 Å². The number of benzene rings is 2. The van der Waals surface area contributed by atoms with Gasteiger partial charge in [0.15, 0.2) is 5.84 Å². The van der Waals surface area contributed by atoms with Crippen LogP contribution in [0, 0.1) is 5.53 Å². The molecule has 0 aromatic heterocycles. The van der Waals surface area contributed by atoms with Gasteiger partial charge in [-0.25, -0.2) is 18.7 Å². The minimum atomic E-state index is -3.55. The molecule has 0 radical (unpaired) electrons. The summed E-state index contributed by atoms with van der Waals surface area (Å²) in [6.07, 6.45) is 3.86. The summed E-state index contributed by atoms with van der Waals surface area (Å²) < 4.78 is 27.2. The third kappa shape index (κ3) is 5.87. The topological polar surface area (TPSA) is 170 Å². The molecule has 1 aliphatic carbocycles. The standard InChI is InChI=1S/C25H30ClN7O4S/c1-38(36,37)32-19-8-4-5-9-20(19)33-23(15-10-12-16(26)13-11-15)22(24(34)29-14-21(30-27)31-28)17-6-2-3-7-18(17)25(33)35/h2-3,6-7,10-13,19-20,22-23,27,32H,4-5,8-9,14,28H2,1H3,(H,29,34)/b30-27?,31-21-/t19-,20?,22+,23-/m0/s1. The average Bonchev–Trinajstić information content (AvgIpc) is 2.89. The molecular weight excluding hydrogens is 530 g/mol. The first kappa shape index (κ1) is 27.7. The van der Waals surface area contributed by atoms with E-state index >= 15 is 0 Å². The number of hydrogen-bond acceptors (Lipinski definition) is 7. The Labute approximate surface area is 226 Å². The maximum atomic E-state index is 14.1. The average molecular weight is 560 g/mol. The molecule has 2 aromatic rings. The summed E-state index contributed by atoms with van der Waals surface area (Å²) >= 11 is 6.17. The van der Waals surface area contributed by atoms with E-state index in [1.807, 2.05) is 0 Å². The fourth-order valence-corrected chi connectivity index (χ4v) is 6.41. The van der Waals surface area contributed by atoms with Gasteiger partial charge in [0, 0.05) is 22.7 Å². The van der Waals surface area contributed by atoms with E-state index < -0.39 is 40.0 Å². The number of nitrogens with two attached hydrogens (primary N) is 1. The van der Waals surface area contributed by atoms with E-state index in [0.29, 0.717) is 34.6 Å². The minimum Gasteiger partial charge on any atom is -0.348 e. The molecule has 0 saturated heterocycles. The van der Waals surface area contributed by atoms with Crippen molar-refractivity contribution in [2.75, 3.05) is 12.8 Å². The largest absolute Gasteiger partial charge is 0.348 e. The highest BCUT2D eigenvalue weighted by Gasteiger charge is 2.48. The van der Waals surface area contributed by atoms with E-state index in [4.69, 9.17) is 23.0 Å². The number of amidine groups is 1. The Morgan fingerprint density at radius 1 is 1.16 bits per heavy atom. The summed E-state index contributed by atoms with van der Waals surface area (Å²) in [4.78, 5) is 29.6. The van der Waals surface area contributed by atoms with Gasteiger partial charge in [-0.05, 0) is 42.2 Å². The first-order valence-electron chi connectivity index (χ1n) is 12.2. The number of fused-ring (bicyclic) bond motifs is 1. The zero-order chi connectivity index (χ0) is 27.4. The van der Waals surface area contributed by atoms with Crippen LogP contribution in [0.1, 0.15) is 59.1 Å². The van der Waals surface area contributed by atoms with Gasteiger partial charge in [-0.2, -0.15) is 5.10 Å². The zero-order valence-corrected chi connectivity index (χ0v) is 22.4. The van der Waals surface area contributed by atoms with Crippen LogP contribution in [0.25, 0.3) is 0 Å². The quantitative estimate of drug-likeness (QED) is 0.134. The van der Waals surface area contributed by atoms with Crippen molar-refractivity contribution >= 4 is 39.3 Å². The van der Waals surface area contributed by atoms with Crippen LogP contribution in [0.5, 0.6) is 0 Å². The molecule has 1 saturated carbocycles. The van der Waals surface area contributed by atoms with Crippen LogP contribution >= 0.6 is 11.6 Å². The Hall–Kier alpha value is -3.35. The van der Waals surface area contributed by atoms with Crippen LogP contribution in [0.4, 0.5) is 0 Å². The summed E-state index contributed by atoms with van der Waals surface area (Å²) in [5.41, 5.74) is 8.79. The molecule has 2 amide bonds. The van der Waals surface area contributed by atoms with Crippen molar-refractivity contribution in [3.63, 3.8) is 0 Å². The highest BCUT2D eigenvalue weighted by molar-refractivity contribution is 7.88. The molecule has 4 rings (SSSR count). The molecule has 2 aliphatic rings. The molecule has 0 bridgehead atoms. The number of carbonyl (C=O) groups excluding carboxylic acids is 2. The van der Waals surface area contributed by atoms with Crippen LogP contribution in [0.15, 0.2) is 58.7 Å². The third-order valence-electron chi connectivity index (χ3n) is 7.02. The van der Waals surface area contributed by atoms with Crippen molar-refractivity contribution in [2.24, 2.45) is 16.1 Å². The number of hydrazone groups is 1. The molecule has 0 spiro atoms. The second-order valence-corrected chi connectivity index (χ2v) is 11.7. The normalized spacial score (nSPS) is 24.0. The Kier molecular flexibility index (Phi) is 8.44. The lowest BCUT2D eigenvalue weighted by Gasteiger charge is -2.49. The summed E-state index contributed by atoms with van der Waals surface area (Å²) in [7, 11) is -3.55. The van der Waals surface area contributed by atoms with Crippen molar-refractivity contribution in [3.8, 4) is 0 Å². The van der Waals surface area contributed by atoms with Gasteiger partial charge in [0.05, 0.1) is 24.8 Å². The molecule has 1 fully saturated rings. The highest BCUT2D eigenvalue weighted by atomic mass is 35.5. The Morgan fingerprint density at radius 3 is 2.50 bits per heavy atom. The zero-order valence-electron chi connectivity index (χ0n) is 20.8. The highest BCUT2D eigenvalue weighted by Crippen LogP contribution is 2.46. The molecular formula is C25H30ClN7O4S. The summed E-state index contributed by atoms with van der Waals surface area (Å²) in [6.45, 7) is -0.166. The second-order valence-electron chi connectivity index (χ2n) is 9.50. The van der Waals surface area contributed by atoms with Crippen LogP contribution in [0.2, 0.25) is 5.02 Å². The number of amides is 2. The smallest absolute Gasteiger partial charge is 0.255 e. The number of halogens is 1. The van der Waals surface area contributed by atoms with Gasteiger partial charge >= 0.3 is 0 Å². The van der Waals surface area contributed by atoms with E-state index in [2.05, 4.69) is 20.3 Å². The summed E-state index contributed by atoms with van der Waals surface area (Å²) in [5.74, 6) is 3.65. The number of nitrogens with one attached hydrogen (secondary N) is 3. The summed E-state index contributed by atoms with van der Waals surface area (Å²) in [6, 6.07) is 12.1. The lowest BCUT2D eigenvalue weighted by atomic mass is 9.76. The van der Waals surface area contributed by atoms with E-state index in [9.17, 15) is 18.0 Å². The van der Waals surface area contributed by atoms with Crippen molar-refractivity contribution in [3.05, 3.63) is 70.2 Å². The molecule has 11 nitrogen and oxygen atoms in total. The van der Waals surface area contributed by atoms with E-state index in [0.717, 1.165) is 19.1 Å². The van der Waals surface area contributed by atoms with Crippen molar-refractivity contribution in [2.45, 2.75) is 49.7 Å². The SMILES string of the molecule is CS(=O)(=O)N[C@H]1CCCCC1N1C(=O)c2ccccc2[C@@H](C(=O)NC/C(N=N)=N/N)[C@@H]1c1ccc(Cl)cc1. The molecule has 1 unspecified atom stereocenters. The minimum absolute atomic E-state index is 0.0666. The molecule has 1 aliphatic heterocycles. The molecule has 5 N–H and O–H groups in total. The van der Waals surface area contributed by atoms with E-state index in [1.54, 1.807) is 53.4 Å². The first-order chi connectivity index (χ1) is 18.1. The third-order valence-corrected chi connectivity index (χ3v) is 8.00. The Balaban J connectivity index is 1.87. The fourth-order valence-electron chi connectivity index (χ4n) is 5.46. The van der Waals surface area contributed by atoms with Crippen LogP contribution in [-0.4, -0.2) is 55.9 Å². The van der Waals surface area contributed by atoms with Crippen molar-refractivity contribution < 1.29 is 18.0 Å². The predicted octanol–water partition coefficient (Wildman–Crippen LogP) is 2.90. The molecule has 1 heterocycles. The van der Waals surface area contributed by atoms with Gasteiger partial charge in [-0.1, -0.05) is 54.8 Å². The van der Waals surface area contributed by atoms with E-state index in [-0.39, 0.29) is 18.3 Å². The maximum absolute atomic E-state index is 14.1. The molecule has 202 valence electrons. The number of nitrogens with zero attached hydrogens (tertiary/aromatic N) is 3. The number of rotatable bonds is 7. The Morgan fingerprint density at radius 2 is 1.84 bits per heavy atom. The molecule has 38 heavy (non-hydrogen) atoms. The fraction of sp³-hybridized carbons (Fsp3) is 0.400. The van der Waals surface area contributed by atoms with Gasteiger partial charge in [-0.3, -0.25) is 9.59 Å². The van der Waals surface area contributed by atoms with Crippen molar-refractivity contribution in [1.29, 1.82) is 5.53 Å².